The Morgan fingerprint density at radius 2 is 1.71 bits per heavy atom. The molecule has 0 heterocycles. The second-order valence-corrected chi connectivity index (χ2v) is 8.55. The summed E-state index contributed by atoms with van der Waals surface area (Å²) in [5.41, 5.74) is 3.17. The van der Waals surface area contributed by atoms with Crippen LogP contribution in [-0.2, 0) is 12.3 Å². The van der Waals surface area contributed by atoms with Gasteiger partial charge in [-0.15, -0.1) is 0 Å². The number of hydrogen-bond acceptors (Lipinski definition) is 3. The predicted octanol–water partition coefficient (Wildman–Crippen LogP) is 4.14. The molecule has 2 N–H and O–H groups in total. The average molecular weight is 435 g/mol. The lowest BCUT2D eigenvalue weighted by atomic mass is 10.1. The summed E-state index contributed by atoms with van der Waals surface area (Å²) in [7, 11) is 5.29. The first-order chi connectivity index (χ1) is 15.1. The molecule has 0 fully saturated rings. The highest BCUT2D eigenvalue weighted by molar-refractivity contribution is 7.98. The minimum absolute atomic E-state index is 0.0120. The number of nitrogens with one attached hydrogen (secondary N) is 2. The molecule has 0 atom stereocenters. The Balaban J connectivity index is 1.40. The van der Waals surface area contributed by atoms with Crippen LogP contribution in [0.25, 0.3) is 10.8 Å². The molecule has 5 nitrogen and oxygen atoms in total. The van der Waals surface area contributed by atoms with Crippen LogP contribution in [0.1, 0.15) is 21.5 Å². The number of thioether (sulfide) groups is 1. The lowest BCUT2D eigenvalue weighted by molar-refractivity contribution is 0.0827. The maximum absolute atomic E-state index is 12.0. The van der Waals surface area contributed by atoms with Crippen molar-refractivity contribution in [2.75, 3.05) is 33.4 Å². The highest BCUT2D eigenvalue weighted by Gasteiger charge is 2.07. The lowest BCUT2D eigenvalue weighted by Gasteiger charge is -2.13. The fraction of sp³-hybridized carbons (Fsp3) is 0.280. The molecule has 3 rings (SSSR count). The van der Waals surface area contributed by atoms with Gasteiger partial charge in [-0.05, 0) is 34.0 Å². The van der Waals surface area contributed by atoms with E-state index in [1.165, 1.54) is 16.3 Å². The van der Waals surface area contributed by atoms with Crippen molar-refractivity contribution in [2.45, 2.75) is 12.3 Å². The molecule has 0 bridgehead atoms. The Morgan fingerprint density at radius 3 is 2.45 bits per heavy atom. The number of guanidine groups is 1. The minimum Gasteiger partial charge on any atom is -0.356 e. The van der Waals surface area contributed by atoms with E-state index in [1.807, 2.05) is 36.0 Å². The number of nitrogens with zero attached hydrogens (tertiary/aromatic N) is 2. The number of carbonyl (C=O) groups is 1. The summed E-state index contributed by atoms with van der Waals surface area (Å²) in [5, 5.41) is 9.32. The van der Waals surface area contributed by atoms with E-state index in [0.29, 0.717) is 12.1 Å². The fourth-order valence-corrected chi connectivity index (χ4v) is 4.13. The molecule has 0 radical (unpaired) electrons. The Kier molecular flexibility index (Phi) is 8.35. The van der Waals surface area contributed by atoms with Crippen molar-refractivity contribution in [1.29, 1.82) is 0 Å². The van der Waals surface area contributed by atoms with Crippen molar-refractivity contribution in [3.63, 3.8) is 0 Å². The van der Waals surface area contributed by atoms with Crippen LogP contribution in [0.15, 0.2) is 71.7 Å². The van der Waals surface area contributed by atoms with Gasteiger partial charge < -0.3 is 15.5 Å². The van der Waals surface area contributed by atoms with Crippen LogP contribution in [-0.4, -0.2) is 50.2 Å². The van der Waals surface area contributed by atoms with E-state index in [2.05, 4.69) is 58.1 Å². The van der Waals surface area contributed by atoms with E-state index < -0.39 is 0 Å². The smallest absolute Gasteiger partial charge is 0.253 e. The first-order valence-corrected chi connectivity index (χ1v) is 11.5. The van der Waals surface area contributed by atoms with Gasteiger partial charge in [-0.25, -0.2) is 0 Å². The van der Waals surface area contributed by atoms with Gasteiger partial charge in [0.15, 0.2) is 5.96 Å². The summed E-state index contributed by atoms with van der Waals surface area (Å²) in [6, 6.07) is 22.7. The molecule has 3 aromatic carbocycles. The Hall–Kier alpha value is -2.99. The largest absolute Gasteiger partial charge is 0.356 e. The van der Waals surface area contributed by atoms with Gasteiger partial charge in [-0.3, -0.25) is 9.79 Å². The first-order valence-electron chi connectivity index (χ1n) is 10.4. The molecule has 0 unspecified atom stereocenters. The van der Waals surface area contributed by atoms with Crippen molar-refractivity contribution >= 4 is 34.4 Å². The van der Waals surface area contributed by atoms with E-state index in [1.54, 1.807) is 26.0 Å². The highest BCUT2D eigenvalue weighted by Crippen LogP contribution is 2.22. The van der Waals surface area contributed by atoms with Gasteiger partial charge in [0.2, 0.25) is 0 Å². The second-order valence-electron chi connectivity index (χ2n) is 7.44. The van der Waals surface area contributed by atoms with Crippen molar-refractivity contribution < 1.29 is 4.79 Å². The Morgan fingerprint density at radius 1 is 0.968 bits per heavy atom. The van der Waals surface area contributed by atoms with E-state index in [4.69, 9.17) is 0 Å². The summed E-state index contributed by atoms with van der Waals surface area (Å²) in [6.07, 6.45) is 0. The molecule has 1 amide bonds. The van der Waals surface area contributed by atoms with Crippen LogP contribution >= 0.6 is 11.8 Å². The highest BCUT2D eigenvalue weighted by atomic mass is 32.2. The summed E-state index contributed by atoms with van der Waals surface area (Å²) in [4.78, 5) is 17.8. The van der Waals surface area contributed by atoms with Gasteiger partial charge in [-0.1, -0.05) is 54.6 Å². The number of hydrogen-bond donors (Lipinski definition) is 2. The van der Waals surface area contributed by atoms with Crippen molar-refractivity contribution in [2.24, 2.45) is 4.99 Å². The average Bonchev–Trinajstić information content (AvgIpc) is 2.80. The van der Waals surface area contributed by atoms with Gasteiger partial charge in [0.1, 0.15) is 0 Å². The molecule has 3 aromatic rings. The number of fused-ring (bicyclic) bond motifs is 1. The van der Waals surface area contributed by atoms with Crippen LogP contribution in [0.5, 0.6) is 0 Å². The maximum Gasteiger partial charge on any atom is 0.253 e. The van der Waals surface area contributed by atoms with Crippen molar-refractivity contribution in [1.82, 2.24) is 15.5 Å². The van der Waals surface area contributed by atoms with Crippen LogP contribution in [0, 0.1) is 0 Å². The quantitative estimate of drug-likeness (QED) is 0.318. The summed E-state index contributed by atoms with van der Waals surface area (Å²) in [6.45, 7) is 1.49. The normalized spacial score (nSPS) is 11.4. The third-order valence-electron chi connectivity index (χ3n) is 4.97. The van der Waals surface area contributed by atoms with E-state index in [0.717, 1.165) is 29.6 Å². The summed E-state index contributed by atoms with van der Waals surface area (Å²) < 4.78 is 0. The lowest BCUT2D eigenvalue weighted by Crippen LogP contribution is -2.37. The van der Waals surface area contributed by atoms with E-state index >= 15 is 0 Å². The number of aliphatic imine (C=N–C) groups is 1. The molecule has 0 aromatic heterocycles. The fourth-order valence-electron chi connectivity index (χ4n) is 3.27. The molecule has 31 heavy (non-hydrogen) atoms. The summed E-state index contributed by atoms with van der Waals surface area (Å²) >= 11 is 1.91. The van der Waals surface area contributed by atoms with Crippen LogP contribution in [0.2, 0.25) is 0 Å². The molecule has 6 heteroatoms. The van der Waals surface area contributed by atoms with Crippen LogP contribution in [0.3, 0.4) is 0 Å². The van der Waals surface area contributed by atoms with Gasteiger partial charge in [-0.2, -0.15) is 11.8 Å². The third-order valence-corrected chi connectivity index (χ3v) is 5.97. The zero-order valence-electron chi connectivity index (χ0n) is 18.4. The van der Waals surface area contributed by atoms with E-state index in [-0.39, 0.29) is 5.91 Å². The number of benzene rings is 3. The summed E-state index contributed by atoms with van der Waals surface area (Å²) in [5.74, 6) is 2.77. The monoisotopic (exact) mass is 434 g/mol. The van der Waals surface area contributed by atoms with Gasteiger partial charge >= 0.3 is 0 Å². The van der Waals surface area contributed by atoms with E-state index in [9.17, 15) is 4.79 Å². The minimum atomic E-state index is 0.0120. The standard InChI is InChI=1S/C25H30N4OS/c1-26-25(28-17-19-11-13-21(14-12-19)24(30)29(2)3)27-15-16-31-18-22-9-6-8-20-7-4-5-10-23(20)22/h4-14H,15-18H2,1-3H3,(H2,26,27,28). The van der Waals surface area contributed by atoms with Gasteiger partial charge in [0, 0.05) is 51.3 Å². The third kappa shape index (κ3) is 6.49. The molecule has 0 aliphatic rings. The molecule has 0 saturated heterocycles. The van der Waals surface area contributed by atoms with Gasteiger partial charge in [0.05, 0.1) is 0 Å². The zero-order chi connectivity index (χ0) is 22.1. The maximum atomic E-state index is 12.0. The molecule has 162 valence electrons. The number of amides is 1. The predicted molar refractivity (Wildman–Crippen MR) is 133 cm³/mol. The molecule has 0 aliphatic heterocycles. The Bertz CT molecular complexity index is 1030. The van der Waals surface area contributed by atoms with Crippen molar-refractivity contribution in [3.05, 3.63) is 83.4 Å². The molecular formula is C25H30N4OS. The first kappa shape index (κ1) is 22.7. The molecule has 0 spiro atoms. The van der Waals surface area contributed by atoms with Crippen molar-refractivity contribution in [3.8, 4) is 0 Å². The number of carbonyl (C=O) groups excluding carboxylic acids is 1. The second kappa shape index (κ2) is 11.4. The number of rotatable bonds is 8. The molecule has 0 aliphatic carbocycles. The van der Waals surface area contributed by atoms with Crippen LogP contribution < -0.4 is 10.6 Å². The molecule has 0 saturated carbocycles. The molecular weight excluding hydrogens is 404 g/mol. The van der Waals surface area contributed by atoms with Crippen LogP contribution in [0.4, 0.5) is 0 Å². The SMILES string of the molecule is CN=C(NCCSCc1cccc2ccccc12)NCc1ccc(C(=O)N(C)C)cc1. The topological polar surface area (TPSA) is 56.7 Å². The van der Waals surface area contributed by atoms with Gasteiger partial charge in [0.25, 0.3) is 5.91 Å². The zero-order valence-corrected chi connectivity index (χ0v) is 19.2. The Labute approximate surface area is 188 Å².